The third kappa shape index (κ3) is 7.34. The van der Waals surface area contributed by atoms with Crippen molar-refractivity contribution in [3.05, 3.63) is 35.9 Å². The standard InChI is InChI=1S/C23H36N2O6Si/c1-6-30-22(28)24(16-32(3,4)5)13-12-20(26)17(2)21(27)25-19(15-31-23(25)29)14-18-10-8-7-9-11-18/h7-11,17,19-20,26H,6,12-16H2,1-5H3/t17-,19-,20+/m0/s1. The SMILES string of the molecule is CCOC(=O)N(CC[C@@H](O)[C@H](C)C(=O)N1C(=O)OC[C@@H]1Cc1ccccc1)C[Si](C)(C)C. The van der Waals surface area contributed by atoms with Crippen LogP contribution in [-0.4, -0.2) is 79.1 Å². The van der Waals surface area contributed by atoms with Gasteiger partial charge in [-0.1, -0.05) is 56.9 Å². The molecular weight excluding hydrogens is 428 g/mol. The Morgan fingerprint density at radius 1 is 1.28 bits per heavy atom. The first-order valence-electron chi connectivity index (χ1n) is 11.2. The monoisotopic (exact) mass is 464 g/mol. The van der Waals surface area contributed by atoms with Crippen molar-refractivity contribution in [3.8, 4) is 0 Å². The van der Waals surface area contributed by atoms with E-state index in [9.17, 15) is 19.5 Å². The van der Waals surface area contributed by atoms with E-state index < -0.39 is 44.2 Å². The lowest BCUT2D eigenvalue weighted by molar-refractivity contribution is -0.136. The summed E-state index contributed by atoms with van der Waals surface area (Å²) < 4.78 is 10.3. The highest BCUT2D eigenvalue weighted by Crippen LogP contribution is 2.22. The Morgan fingerprint density at radius 3 is 2.53 bits per heavy atom. The molecule has 0 spiro atoms. The van der Waals surface area contributed by atoms with Crippen LogP contribution >= 0.6 is 0 Å². The third-order valence-electron chi connectivity index (χ3n) is 5.37. The average molecular weight is 465 g/mol. The number of aliphatic hydroxyl groups excluding tert-OH is 1. The summed E-state index contributed by atoms with van der Waals surface area (Å²) in [7, 11) is -1.60. The van der Waals surface area contributed by atoms with Gasteiger partial charge in [-0.25, -0.2) is 14.5 Å². The van der Waals surface area contributed by atoms with Crippen LogP contribution in [0.1, 0.15) is 25.8 Å². The molecule has 1 aliphatic heterocycles. The van der Waals surface area contributed by atoms with Crippen LogP contribution in [0.25, 0.3) is 0 Å². The number of aliphatic hydroxyl groups is 1. The van der Waals surface area contributed by atoms with E-state index in [0.717, 1.165) is 10.5 Å². The molecule has 1 N–H and O–H groups in total. The number of hydrogen-bond donors (Lipinski definition) is 1. The highest BCUT2D eigenvalue weighted by atomic mass is 28.3. The van der Waals surface area contributed by atoms with Crippen LogP contribution in [0.5, 0.6) is 0 Å². The van der Waals surface area contributed by atoms with Crippen molar-refractivity contribution in [1.29, 1.82) is 0 Å². The highest BCUT2D eigenvalue weighted by Gasteiger charge is 2.41. The van der Waals surface area contributed by atoms with Gasteiger partial charge in [0, 0.05) is 12.7 Å². The molecule has 0 aliphatic carbocycles. The second-order valence-electron chi connectivity index (χ2n) is 9.45. The van der Waals surface area contributed by atoms with Gasteiger partial charge in [0.2, 0.25) is 5.91 Å². The van der Waals surface area contributed by atoms with Crippen molar-refractivity contribution < 1.29 is 29.0 Å². The van der Waals surface area contributed by atoms with E-state index in [-0.39, 0.29) is 26.2 Å². The Kier molecular flexibility index (Phi) is 9.27. The maximum absolute atomic E-state index is 13.1. The van der Waals surface area contributed by atoms with Gasteiger partial charge < -0.3 is 19.5 Å². The van der Waals surface area contributed by atoms with E-state index in [1.165, 1.54) is 0 Å². The molecule has 1 heterocycles. The fraction of sp³-hybridized carbons (Fsp3) is 0.609. The molecule has 8 nitrogen and oxygen atoms in total. The third-order valence-corrected chi connectivity index (χ3v) is 6.70. The summed E-state index contributed by atoms with van der Waals surface area (Å²) in [5.74, 6) is -1.27. The highest BCUT2D eigenvalue weighted by molar-refractivity contribution is 6.76. The Hall–Kier alpha value is -2.39. The second kappa shape index (κ2) is 11.5. The quantitative estimate of drug-likeness (QED) is 0.534. The zero-order valence-corrected chi connectivity index (χ0v) is 20.7. The van der Waals surface area contributed by atoms with Crippen LogP contribution in [0, 0.1) is 5.92 Å². The van der Waals surface area contributed by atoms with Crippen molar-refractivity contribution in [3.63, 3.8) is 0 Å². The fourth-order valence-corrected chi connectivity index (χ4v) is 5.14. The molecule has 32 heavy (non-hydrogen) atoms. The molecular formula is C23H36N2O6Si. The van der Waals surface area contributed by atoms with E-state index in [4.69, 9.17) is 9.47 Å². The van der Waals surface area contributed by atoms with Crippen molar-refractivity contribution in [2.24, 2.45) is 5.92 Å². The molecule has 0 radical (unpaired) electrons. The number of ether oxygens (including phenoxy) is 2. The van der Waals surface area contributed by atoms with Gasteiger partial charge in [0.1, 0.15) is 6.61 Å². The largest absolute Gasteiger partial charge is 0.450 e. The van der Waals surface area contributed by atoms with Gasteiger partial charge in [-0.2, -0.15) is 0 Å². The van der Waals surface area contributed by atoms with Crippen molar-refractivity contribution in [2.75, 3.05) is 25.9 Å². The zero-order chi connectivity index (χ0) is 23.9. The Morgan fingerprint density at radius 2 is 1.94 bits per heavy atom. The molecule has 0 unspecified atom stereocenters. The van der Waals surface area contributed by atoms with E-state index in [1.54, 1.807) is 18.7 Å². The predicted molar refractivity (Wildman–Crippen MR) is 124 cm³/mol. The van der Waals surface area contributed by atoms with E-state index in [1.807, 2.05) is 30.3 Å². The van der Waals surface area contributed by atoms with Crippen LogP contribution in [-0.2, 0) is 20.7 Å². The lowest BCUT2D eigenvalue weighted by Gasteiger charge is -2.30. The van der Waals surface area contributed by atoms with E-state index in [0.29, 0.717) is 12.6 Å². The molecule has 1 saturated heterocycles. The van der Waals surface area contributed by atoms with Gasteiger partial charge >= 0.3 is 12.2 Å². The van der Waals surface area contributed by atoms with Gasteiger partial charge in [-0.05, 0) is 25.3 Å². The minimum absolute atomic E-state index is 0.134. The number of cyclic esters (lactones) is 1. The number of amides is 3. The average Bonchev–Trinajstić information content (AvgIpc) is 3.09. The maximum atomic E-state index is 13.1. The zero-order valence-electron chi connectivity index (χ0n) is 19.7. The molecule has 178 valence electrons. The molecule has 1 aromatic carbocycles. The summed E-state index contributed by atoms with van der Waals surface area (Å²) in [6.07, 6.45) is -0.796. The Balaban J connectivity index is 2.01. The van der Waals surface area contributed by atoms with E-state index >= 15 is 0 Å². The first kappa shape index (κ1) is 25.9. The number of imide groups is 1. The van der Waals surface area contributed by atoms with Gasteiger partial charge in [0.15, 0.2) is 0 Å². The molecule has 1 fully saturated rings. The summed E-state index contributed by atoms with van der Waals surface area (Å²) in [5, 5.41) is 10.7. The number of carbonyl (C=O) groups excluding carboxylic acids is 3. The summed E-state index contributed by atoms with van der Waals surface area (Å²) in [5.41, 5.74) is 0.998. The first-order chi connectivity index (χ1) is 15.0. The molecule has 3 amide bonds. The van der Waals surface area contributed by atoms with Crippen molar-refractivity contribution in [2.45, 2.75) is 58.5 Å². The number of benzene rings is 1. The van der Waals surface area contributed by atoms with Crippen molar-refractivity contribution >= 4 is 26.2 Å². The normalized spacial score (nSPS) is 18.1. The molecule has 0 aromatic heterocycles. The van der Waals surface area contributed by atoms with Gasteiger partial charge in [-0.3, -0.25) is 4.79 Å². The lowest BCUT2D eigenvalue weighted by atomic mass is 9.98. The topological polar surface area (TPSA) is 96.4 Å². The molecule has 0 bridgehead atoms. The van der Waals surface area contributed by atoms with Gasteiger partial charge in [-0.15, -0.1) is 0 Å². The van der Waals surface area contributed by atoms with E-state index in [2.05, 4.69) is 19.6 Å². The molecule has 0 saturated carbocycles. The Labute approximate surface area is 191 Å². The summed E-state index contributed by atoms with van der Waals surface area (Å²) in [6, 6.07) is 9.18. The molecule has 9 heteroatoms. The summed E-state index contributed by atoms with van der Waals surface area (Å²) >= 11 is 0. The molecule has 1 aliphatic rings. The fourth-order valence-electron chi connectivity index (χ4n) is 3.71. The smallest absolute Gasteiger partial charge is 0.416 e. The Bertz CT molecular complexity index is 782. The number of nitrogens with zero attached hydrogens (tertiary/aromatic N) is 2. The first-order valence-corrected chi connectivity index (χ1v) is 14.9. The van der Waals surface area contributed by atoms with Crippen LogP contribution in [0.3, 0.4) is 0 Å². The van der Waals surface area contributed by atoms with Crippen LogP contribution in [0.4, 0.5) is 9.59 Å². The number of rotatable bonds is 10. The molecule has 1 aromatic rings. The lowest BCUT2D eigenvalue weighted by Crippen LogP contribution is -2.47. The van der Waals surface area contributed by atoms with Crippen LogP contribution in [0.15, 0.2) is 30.3 Å². The predicted octanol–water partition coefficient (Wildman–Crippen LogP) is 3.30. The second-order valence-corrected chi connectivity index (χ2v) is 14.9. The maximum Gasteiger partial charge on any atom is 0.416 e. The molecule has 3 atom stereocenters. The summed E-state index contributed by atoms with van der Waals surface area (Å²) in [6.45, 7) is 10.5. The summed E-state index contributed by atoms with van der Waals surface area (Å²) in [4.78, 5) is 40.4. The number of carbonyl (C=O) groups is 3. The van der Waals surface area contributed by atoms with Gasteiger partial charge in [0.25, 0.3) is 0 Å². The van der Waals surface area contributed by atoms with Crippen LogP contribution < -0.4 is 0 Å². The van der Waals surface area contributed by atoms with Gasteiger partial charge in [0.05, 0.1) is 32.7 Å². The van der Waals surface area contributed by atoms with Crippen molar-refractivity contribution in [1.82, 2.24) is 9.80 Å². The minimum Gasteiger partial charge on any atom is -0.450 e. The number of hydrogen-bond acceptors (Lipinski definition) is 6. The minimum atomic E-state index is -1.60. The van der Waals surface area contributed by atoms with Crippen LogP contribution in [0.2, 0.25) is 19.6 Å². The molecule has 2 rings (SSSR count).